The highest BCUT2D eigenvalue weighted by Crippen LogP contribution is 2.25. The Bertz CT molecular complexity index is 621. The minimum absolute atomic E-state index is 0.267. The van der Waals surface area contributed by atoms with Crippen LogP contribution >= 0.6 is 11.6 Å². The van der Waals surface area contributed by atoms with Gasteiger partial charge in [0.05, 0.1) is 22.6 Å². The number of nitrogens with one attached hydrogen (secondary N) is 1. The van der Waals surface area contributed by atoms with E-state index in [9.17, 15) is 4.79 Å². The average molecular weight is 279 g/mol. The van der Waals surface area contributed by atoms with Gasteiger partial charge in [0.25, 0.3) is 5.91 Å². The van der Waals surface area contributed by atoms with Crippen LogP contribution in [0.15, 0.2) is 18.5 Å². The van der Waals surface area contributed by atoms with E-state index in [4.69, 9.17) is 11.6 Å². The third-order valence-corrected chi connectivity index (χ3v) is 3.44. The molecule has 2 aromatic rings. The van der Waals surface area contributed by atoms with Crippen molar-refractivity contribution >= 4 is 23.2 Å². The van der Waals surface area contributed by atoms with E-state index in [1.165, 1.54) is 0 Å². The van der Waals surface area contributed by atoms with Gasteiger partial charge in [-0.1, -0.05) is 11.6 Å². The summed E-state index contributed by atoms with van der Waals surface area (Å²) >= 11 is 6.11. The van der Waals surface area contributed by atoms with E-state index in [2.05, 4.69) is 15.4 Å². The summed E-state index contributed by atoms with van der Waals surface area (Å²) in [5.74, 6) is -0.267. The van der Waals surface area contributed by atoms with E-state index in [1.54, 1.807) is 23.1 Å². The zero-order chi connectivity index (χ0) is 14.0. The second-order valence-corrected chi connectivity index (χ2v) is 4.59. The van der Waals surface area contributed by atoms with Crippen molar-refractivity contribution < 1.29 is 4.79 Å². The molecule has 5 nitrogen and oxygen atoms in total. The first kappa shape index (κ1) is 13.5. The van der Waals surface area contributed by atoms with Crippen LogP contribution in [0.2, 0.25) is 5.02 Å². The summed E-state index contributed by atoms with van der Waals surface area (Å²) in [5.41, 5.74) is 2.52. The molecule has 0 bridgehead atoms. The molecular formula is C13H15ClN4O. The van der Waals surface area contributed by atoms with Crippen molar-refractivity contribution in [2.45, 2.75) is 27.3 Å². The van der Waals surface area contributed by atoms with Gasteiger partial charge in [-0.05, 0) is 32.4 Å². The van der Waals surface area contributed by atoms with Gasteiger partial charge in [-0.25, -0.2) is 0 Å². The topological polar surface area (TPSA) is 59.8 Å². The molecule has 0 aliphatic rings. The van der Waals surface area contributed by atoms with Crippen molar-refractivity contribution in [3.05, 3.63) is 40.4 Å². The van der Waals surface area contributed by atoms with E-state index in [0.717, 1.165) is 17.8 Å². The summed E-state index contributed by atoms with van der Waals surface area (Å²) in [5, 5.41) is 7.48. The second-order valence-electron chi connectivity index (χ2n) is 4.21. The summed E-state index contributed by atoms with van der Waals surface area (Å²) in [6.07, 6.45) is 3.37. The fraction of sp³-hybridized carbons (Fsp3) is 0.308. The van der Waals surface area contributed by atoms with E-state index in [-0.39, 0.29) is 5.91 Å². The van der Waals surface area contributed by atoms with Gasteiger partial charge >= 0.3 is 0 Å². The van der Waals surface area contributed by atoms with Gasteiger partial charge < -0.3 is 5.32 Å². The first-order chi connectivity index (χ1) is 9.02. The zero-order valence-electron chi connectivity index (χ0n) is 11.1. The Morgan fingerprint density at radius 1 is 1.47 bits per heavy atom. The molecule has 0 unspecified atom stereocenters. The third kappa shape index (κ3) is 2.76. The van der Waals surface area contributed by atoms with Crippen molar-refractivity contribution in [1.82, 2.24) is 14.8 Å². The van der Waals surface area contributed by atoms with Crippen LogP contribution in [0.4, 0.5) is 5.69 Å². The fourth-order valence-electron chi connectivity index (χ4n) is 1.68. The summed E-state index contributed by atoms with van der Waals surface area (Å²) in [6, 6.07) is 1.68. The molecule has 2 rings (SSSR count). The Hall–Kier alpha value is -1.88. The monoisotopic (exact) mass is 278 g/mol. The van der Waals surface area contributed by atoms with Crippen molar-refractivity contribution in [3.8, 4) is 0 Å². The number of carbonyl (C=O) groups is 1. The maximum atomic E-state index is 12.0. The number of rotatable bonds is 3. The smallest absolute Gasteiger partial charge is 0.276 e. The largest absolute Gasteiger partial charge is 0.319 e. The number of nitrogens with zero attached hydrogens (tertiary/aromatic N) is 3. The van der Waals surface area contributed by atoms with Gasteiger partial charge in [-0.15, -0.1) is 0 Å². The van der Waals surface area contributed by atoms with E-state index in [0.29, 0.717) is 16.4 Å². The quantitative estimate of drug-likeness (QED) is 0.939. The molecule has 2 aromatic heterocycles. The number of anilines is 1. The normalized spacial score (nSPS) is 10.5. The Balaban J connectivity index is 2.21. The third-order valence-electron chi connectivity index (χ3n) is 2.88. The summed E-state index contributed by atoms with van der Waals surface area (Å²) in [6.45, 7) is 6.36. The van der Waals surface area contributed by atoms with Crippen molar-refractivity contribution in [1.29, 1.82) is 0 Å². The van der Waals surface area contributed by atoms with Crippen molar-refractivity contribution in [3.63, 3.8) is 0 Å². The molecule has 0 atom stereocenters. The molecule has 6 heteroatoms. The number of carbonyl (C=O) groups excluding carboxylic acids is 1. The van der Waals surface area contributed by atoms with Gasteiger partial charge in [-0.3, -0.25) is 14.5 Å². The Labute approximate surface area is 116 Å². The lowest BCUT2D eigenvalue weighted by Gasteiger charge is -2.09. The first-order valence-electron chi connectivity index (χ1n) is 5.99. The van der Waals surface area contributed by atoms with E-state index in [1.807, 2.05) is 20.8 Å². The fourth-order valence-corrected chi connectivity index (χ4v) is 1.83. The number of hydrogen-bond acceptors (Lipinski definition) is 3. The van der Waals surface area contributed by atoms with Gasteiger partial charge in [0.1, 0.15) is 0 Å². The molecule has 1 amide bonds. The highest BCUT2D eigenvalue weighted by Gasteiger charge is 2.13. The van der Waals surface area contributed by atoms with Gasteiger partial charge in [0.15, 0.2) is 5.69 Å². The highest BCUT2D eigenvalue weighted by atomic mass is 35.5. The lowest BCUT2D eigenvalue weighted by atomic mass is 10.2. The molecule has 0 fully saturated rings. The van der Waals surface area contributed by atoms with Crippen LogP contribution in [0.25, 0.3) is 0 Å². The number of aryl methyl sites for hydroxylation is 2. The molecule has 0 saturated heterocycles. The van der Waals surface area contributed by atoms with Crippen LogP contribution in [0.3, 0.4) is 0 Å². The number of hydrogen-bond donors (Lipinski definition) is 1. The molecule has 100 valence electrons. The molecule has 0 aliphatic heterocycles. The SMILES string of the molecule is CCn1ccc(C(=O)Nc2cnc(C)c(Cl)c2C)n1. The maximum absolute atomic E-state index is 12.0. The lowest BCUT2D eigenvalue weighted by molar-refractivity contribution is 0.102. The Morgan fingerprint density at radius 3 is 2.84 bits per heavy atom. The first-order valence-corrected chi connectivity index (χ1v) is 6.37. The van der Waals surface area contributed by atoms with Crippen LogP contribution in [0.1, 0.15) is 28.7 Å². The van der Waals surface area contributed by atoms with Crippen LogP contribution in [-0.2, 0) is 6.54 Å². The van der Waals surface area contributed by atoms with Gasteiger partial charge in [-0.2, -0.15) is 5.10 Å². The van der Waals surface area contributed by atoms with E-state index < -0.39 is 0 Å². The van der Waals surface area contributed by atoms with Crippen LogP contribution in [-0.4, -0.2) is 20.7 Å². The van der Waals surface area contributed by atoms with Crippen LogP contribution in [0, 0.1) is 13.8 Å². The molecule has 0 aromatic carbocycles. The summed E-state index contributed by atoms with van der Waals surface area (Å²) in [7, 11) is 0. The number of pyridine rings is 1. The lowest BCUT2D eigenvalue weighted by Crippen LogP contribution is -2.14. The molecular weight excluding hydrogens is 264 g/mol. The standard InChI is InChI=1S/C13H15ClN4O/c1-4-18-6-5-10(17-18)13(19)16-11-7-15-9(3)12(14)8(11)2/h5-7H,4H2,1-3H3,(H,16,19). The number of halogens is 1. The predicted octanol–water partition coefficient (Wildman–Crippen LogP) is 2.82. The van der Waals surface area contributed by atoms with Gasteiger partial charge in [0, 0.05) is 12.7 Å². The number of aromatic nitrogens is 3. The molecule has 0 spiro atoms. The van der Waals surface area contributed by atoms with Crippen LogP contribution < -0.4 is 5.32 Å². The molecule has 2 heterocycles. The molecule has 0 saturated carbocycles. The average Bonchev–Trinajstić information content (AvgIpc) is 2.88. The maximum Gasteiger partial charge on any atom is 0.276 e. The van der Waals surface area contributed by atoms with Crippen molar-refractivity contribution in [2.75, 3.05) is 5.32 Å². The Kier molecular flexibility index (Phi) is 3.85. The summed E-state index contributed by atoms with van der Waals surface area (Å²) in [4.78, 5) is 16.2. The molecule has 1 N–H and O–H groups in total. The minimum atomic E-state index is -0.267. The highest BCUT2D eigenvalue weighted by molar-refractivity contribution is 6.32. The van der Waals surface area contributed by atoms with Crippen LogP contribution in [0.5, 0.6) is 0 Å². The number of amides is 1. The Morgan fingerprint density at radius 2 is 2.21 bits per heavy atom. The predicted molar refractivity (Wildman–Crippen MR) is 74.6 cm³/mol. The van der Waals surface area contributed by atoms with Crippen molar-refractivity contribution in [2.24, 2.45) is 0 Å². The molecule has 19 heavy (non-hydrogen) atoms. The summed E-state index contributed by atoms with van der Waals surface area (Å²) < 4.78 is 1.70. The zero-order valence-corrected chi connectivity index (χ0v) is 11.8. The van der Waals surface area contributed by atoms with E-state index >= 15 is 0 Å². The minimum Gasteiger partial charge on any atom is -0.319 e. The van der Waals surface area contributed by atoms with Gasteiger partial charge in [0.2, 0.25) is 0 Å². The second kappa shape index (κ2) is 5.40. The molecule has 0 aliphatic carbocycles. The molecule has 0 radical (unpaired) electrons.